The van der Waals surface area contributed by atoms with Crippen LogP contribution >= 0.6 is 24.0 Å². The summed E-state index contributed by atoms with van der Waals surface area (Å²) in [4.78, 5) is 4.51. The molecule has 1 aliphatic rings. The normalized spacial score (nSPS) is 13.9. The lowest BCUT2D eigenvalue weighted by Crippen LogP contribution is -2.24. The average molecular weight is 475 g/mol. The molecule has 1 aliphatic carbocycles. The van der Waals surface area contributed by atoms with Crippen molar-refractivity contribution in [1.82, 2.24) is 9.78 Å². The highest BCUT2D eigenvalue weighted by Gasteiger charge is 2.13. The maximum atomic E-state index is 6.13. The molecule has 0 amide bonds. The number of aliphatic imine (C=N–C) groups is 1. The van der Waals surface area contributed by atoms with Gasteiger partial charge in [-0.3, -0.25) is 9.67 Å². The minimum Gasteiger partial charge on any atom is -0.370 e. The molecule has 3 aromatic rings. The summed E-state index contributed by atoms with van der Waals surface area (Å²) in [7, 11) is 1.98. The van der Waals surface area contributed by atoms with E-state index in [2.05, 4.69) is 45.7 Å². The first-order valence-corrected chi connectivity index (χ1v) is 9.30. The highest BCUT2D eigenvalue weighted by Crippen LogP contribution is 2.27. The molecule has 0 fully saturated rings. The molecule has 4 rings (SSSR count). The van der Waals surface area contributed by atoms with Gasteiger partial charge < -0.3 is 11.1 Å². The number of halogens is 1. The summed E-state index contributed by atoms with van der Waals surface area (Å²) < 4.78 is 1.92. The zero-order valence-electron chi connectivity index (χ0n) is 15.6. The van der Waals surface area contributed by atoms with E-state index in [1.54, 1.807) is 0 Å². The van der Waals surface area contributed by atoms with Crippen LogP contribution in [-0.2, 0) is 26.3 Å². The molecular formula is C21H26IN5. The van der Waals surface area contributed by atoms with Crippen molar-refractivity contribution in [2.75, 3.05) is 11.9 Å². The zero-order chi connectivity index (χ0) is 17.9. The van der Waals surface area contributed by atoms with Gasteiger partial charge in [-0.15, -0.1) is 24.0 Å². The van der Waals surface area contributed by atoms with Gasteiger partial charge in [0.15, 0.2) is 5.96 Å². The van der Waals surface area contributed by atoms with Gasteiger partial charge in [0.25, 0.3) is 0 Å². The predicted molar refractivity (Wildman–Crippen MR) is 123 cm³/mol. The highest BCUT2D eigenvalue weighted by atomic mass is 127. The Morgan fingerprint density at radius 3 is 2.85 bits per heavy atom. The van der Waals surface area contributed by atoms with E-state index in [-0.39, 0.29) is 24.0 Å². The standard InChI is InChI=1S/C21H25N5.HI/c1-26-20-12-5-4-10-17(20)19(25-26)13-14-23-21(22)24-18-11-6-8-15-7-2-3-9-16(15)18;/h4-6,8,10-12H,2-3,7,9,13-14H2,1H3,(H3,22,23,24);1H. The molecular weight excluding hydrogens is 449 g/mol. The van der Waals surface area contributed by atoms with Crippen molar-refractivity contribution >= 4 is 46.5 Å². The lowest BCUT2D eigenvalue weighted by atomic mass is 9.90. The molecule has 3 N–H and O–H groups in total. The van der Waals surface area contributed by atoms with Crippen LogP contribution in [0.15, 0.2) is 47.5 Å². The third-order valence-electron chi connectivity index (χ3n) is 5.12. The number of hydrogen-bond donors (Lipinski definition) is 2. The van der Waals surface area contributed by atoms with E-state index in [9.17, 15) is 0 Å². The molecule has 1 aromatic heterocycles. The van der Waals surface area contributed by atoms with Crippen LogP contribution in [0, 0.1) is 0 Å². The monoisotopic (exact) mass is 475 g/mol. The Hall–Kier alpha value is -2.09. The molecule has 0 aliphatic heterocycles. The van der Waals surface area contributed by atoms with E-state index in [1.807, 2.05) is 23.9 Å². The van der Waals surface area contributed by atoms with Crippen molar-refractivity contribution in [2.45, 2.75) is 32.1 Å². The van der Waals surface area contributed by atoms with E-state index < -0.39 is 0 Å². The molecule has 0 spiro atoms. The SMILES string of the molecule is Cn1nc(CCN=C(N)Nc2cccc3c2CCCC3)c2ccccc21.I. The van der Waals surface area contributed by atoms with Gasteiger partial charge in [-0.2, -0.15) is 5.10 Å². The molecule has 0 unspecified atom stereocenters. The molecule has 0 bridgehead atoms. The fraction of sp³-hybridized carbons (Fsp3) is 0.333. The van der Waals surface area contributed by atoms with Crippen molar-refractivity contribution in [2.24, 2.45) is 17.8 Å². The minimum atomic E-state index is 0. The maximum absolute atomic E-state index is 6.13. The fourth-order valence-electron chi connectivity index (χ4n) is 3.83. The van der Waals surface area contributed by atoms with Gasteiger partial charge in [0.1, 0.15) is 0 Å². The summed E-state index contributed by atoms with van der Waals surface area (Å²) >= 11 is 0. The third kappa shape index (κ3) is 4.26. The molecule has 6 heteroatoms. The van der Waals surface area contributed by atoms with E-state index in [4.69, 9.17) is 5.73 Å². The molecule has 5 nitrogen and oxygen atoms in total. The number of benzene rings is 2. The van der Waals surface area contributed by atoms with Gasteiger partial charge >= 0.3 is 0 Å². The number of rotatable bonds is 4. The van der Waals surface area contributed by atoms with E-state index in [0.717, 1.165) is 36.2 Å². The molecule has 142 valence electrons. The van der Waals surface area contributed by atoms with Crippen LogP contribution in [0.25, 0.3) is 10.9 Å². The average Bonchev–Trinajstić information content (AvgIpc) is 2.98. The van der Waals surface area contributed by atoms with Gasteiger partial charge in [0.2, 0.25) is 0 Å². The quantitative estimate of drug-likeness (QED) is 0.340. The second kappa shape index (κ2) is 8.73. The fourth-order valence-corrected chi connectivity index (χ4v) is 3.83. The summed E-state index contributed by atoms with van der Waals surface area (Å²) in [6.45, 7) is 0.620. The smallest absolute Gasteiger partial charge is 0.193 e. The molecule has 1 heterocycles. The van der Waals surface area contributed by atoms with Crippen LogP contribution < -0.4 is 11.1 Å². The van der Waals surface area contributed by atoms with E-state index >= 15 is 0 Å². The number of aromatic nitrogens is 2. The van der Waals surface area contributed by atoms with Crippen LogP contribution in [-0.4, -0.2) is 22.3 Å². The van der Waals surface area contributed by atoms with Crippen LogP contribution in [0.2, 0.25) is 0 Å². The van der Waals surface area contributed by atoms with Gasteiger partial charge in [-0.25, -0.2) is 0 Å². The Morgan fingerprint density at radius 2 is 1.96 bits per heavy atom. The third-order valence-corrected chi connectivity index (χ3v) is 5.12. The summed E-state index contributed by atoms with van der Waals surface area (Å²) in [5.41, 5.74) is 12.3. The van der Waals surface area contributed by atoms with Crippen molar-refractivity contribution in [3.8, 4) is 0 Å². The summed E-state index contributed by atoms with van der Waals surface area (Å²) in [6, 6.07) is 14.7. The molecule has 2 aromatic carbocycles. The first-order chi connectivity index (χ1) is 12.7. The largest absolute Gasteiger partial charge is 0.370 e. The molecule has 0 radical (unpaired) electrons. The number of nitrogens with two attached hydrogens (primary N) is 1. The van der Waals surface area contributed by atoms with Crippen LogP contribution in [0.5, 0.6) is 0 Å². The number of anilines is 1. The maximum Gasteiger partial charge on any atom is 0.193 e. The Kier molecular flexibility index (Phi) is 6.36. The van der Waals surface area contributed by atoms with Gasteiger partial charge in [0, 0.05) is 31.1 Å². The van der Waals surface area contributed by atoms with Crippen molar-refractivity contribution in [3.63, 3.8) is 0 Å². The predicted octanol–water partition coefficient (Wildman–Crippen LogP) is 4.04. The Bertz CT molecular complexity index is 960. The van der Waals surface area contributed by atoms with Crippen molar-refractivity contribution in [1.29, 1.82) is 0 Å². The second-order valence-electron chi connectivity index (χ2n) is 6.88. The summed E-state index contributed by atoms with van der Waals surface area (Å²) in [5.74, 6) is 0.476. The minimum absolute atomic E-state index is 0. The zero-order valence-corrected chi connectivity index (χ0v) is 17.9. The lowest BCUT2D eigenvalue weighted by molar-refractivity contribution is 0.687. The van der Waals surface area contributed by atoms with Gasteiger partial charge in [0.05, 0.1) is 11.2 Å². The van der Waals surface area contributed by atoms with E-state index in [0.29, 0.717) is 12.5 Å². The number of aryl methyl sites for hydroxylation is 2. The number of guanidine groups is 1. The van der Waals surface area contributed by atoms with Crippen LogP contribution in [0.4, 0.5) is 5.69 Å². The second-order valence-corrected chi connectivity index (χ2v) is 6.88. The molecule has 0 atom stereocenters. The van der Waals surface area contributed by atoms with Gasteiger partial charge in [-0.1, -0.05) is 30.3 Å². The summed E-state index contributed by atoms with van der Waals surface area (Å²) in [6.07, 6.45) is 5.57. The van der Waals surface area contributed by atoms with Crippen molar-refractivity contribution in [3.05, 3.63) is 59.3 Å². The number of nitrogens with one attached hydrogen (secondary N) is 1. The molecule has 0 saturated carbocycles. The summed E-state index contributed by atoms with van der Waals surface area (Å²) in [5, 5.41) is 9.10. The topological polar surface area (TPSA) is 68.2 Å². The Morgan fingerprint density at radius 1 is 1.15 bits per heavy atom. The first-order valence-electron chi connectivity index (χ1n) is 9.30. The van der Waals surface area contributed by atoms with E-state index in [1.165, 1.54) is 29.4 Å². The number of hydrogen-bond acceptors (Lipinski definition) is 2. The molecule has 27 heavy (non-hydrogen) atoms. The molecule has 0 saturated heterocycles. The van der Waals surface area contributed by atoms with Crippen LogP contribution in [0.3, 0.4) is 0 Å². The first kappa shape index (κ1) is 19.7. The van der Waals surface area contributed by atoms with Gasteiger partial charge in [-0.05, 0) is 48.9 Å². The Labute approximate surface area is 177 Å². The van der Waals surface area contributed by atoms with Crippen molar-refractivity contribution < 1.29 is 0 Å². The number of nitrogens with zero attached hydrogens (tertiary/aromatic N) is 3. The van der Waals surface area contributed by atoms with Crippen LogP contribution in [0.1, 0.15) is 29.7 Å². The highest BCUT2D eigenvalue weighted by molar-refractivity contribution is 14.0. The Balaban J connectivity index is 0.00000210. The number of fused-ring (bicyclic) bond motifs is 2. The number of para-hydroxylation sites is 1. The lowest BCUT2D eigenvalue weighted by Gasteiger charge is -2.19.